The van der Waals surface area contributed by atoms with Crippen molar-refractivity contribution < 1.29 is 9.84 Å². The predicted octanol–water partition coefficient (Wildman–Crippen LogP) is 3.17. The highest BCUT2D eigenvalue weighted by Gasteiger charge is 2.29. The number of likely N-dealkylation sites (tertiary alicyclic amines) is 1. The summed E-state index contributed by atoms with van der Waals surface area (Å²) in [6.45, 7) is 6.64. The summed E-state index contributed by atoms with van der Waals surface area (Å²) in [6.07, 6.45) is 4.65. The Hall–Kier alpha value is -2.44. The average Bonchev–Trinajstić information content (AvgIpc) is 3.10. The molecule has 0 spiro atoms. The van der Waals surface area contributed by atoms with Crippen molar-refractivity contribution in [3.8, 4) is 5.75 Å². The van der Waals surface area contributed by atoms with Crippen LogP contribution in [0.5, 0.6) is 5.75 Å². The third-order valence-electron chi connectivity index (χ3n) is 5.22. The van der Waals surface area contributed by atoms with E-state index >= 15 is 0 Å². The second-order valence-corrected chi connectivity index (χ2v) is 8.08. The van der Waals surface area contributed by atoms with E-state index in [-0.39, 0.29) is 6.10 Å². The molecule has 0 aliphatic carbocycles. The predicted molar refractivity (Wildman–Crippen MR) is 109 cm³/mol. The van der Waals surface area contributed by atoms with Gasteiger partial charge in [-0.3, -0.25) is 15.0 Å². The fourth-order valence-corrected chi connectivity index (χ4v) is 3.87. The van der Waals surface area contributed by atoms with Crippen molar-refractivity contribution in [2.75, 3.05) is 13.1 Å². The van der Waals surface area contributed by atoms with Crippen molar-refractivity contribution in [1.82, 2.24) is 20.1 Å². The van der Waals surface area contributed by atoms with Crippen molar-refractivity contribution in [2.24, 2.45) is 5.92 Å². The van der Waals surface area contributed by atoms with Gasteiger partial charge in [-0.15, -0.1) is 0 Å². The number of benzene rings is 1. The Bertz CT molecular complexity index is 918. The third kappa shape index (κ3) is 4.34. The lowest BCUT2D eigenvalue weighted by molar-refractivity contribution is -0.0271. The zero-order valence-corrected chi connectivity index (χ0v) is 16.5. The largest absolute Gasteiger partial charge is 0.487 e. The number of H-pyrrole nitrogens is 1. The number of hydrogen-bond donors (Lipinski definition) is 2. The summed E-state index contributed by atoms with van der Waals surface area (Å²) in [5.74, 6) is 1.40. The first-order valence-electron chi connectivity index (χ1n) is 10.0. The average molecular weight is 380 g/mol. The van der Waals surface area contributed by atoms with Gasteiger partial charge in [0.05, 0.1) is 5.69 Å². The smallest absolute Gasteiger partial charge is 0.127 e. The van der Waals surface area contributed by atoms with Crippen molar-refractivity contribution in [3.63, 3.8) is 0 Å². The van der Waals surface area contributed by atoms with Crippen molar-refractivity contribution in [1.29, 1.82) is 0 Å². The standard InChI is InChI=1S/C22H28N4O2/c1-15(2)10-17-11-18(25-24-17)13-26-9-7-22(20(27)14-26)28-21-5-3-4-16-12-23-8-6-19(16)21/h3-6,8,11-12,15,20,22,27H,7,9-10,13-14H2,1-2H3,(H,24,25)/t20-,22-/m1/s1. The second kappa shape index (κ2) is 8.29. The fourth-order valence-electron chi connectivity index (χ4n) is 3.87. The van der Waals surface area contributed by atoms with E-state index in [4.69, 9.17) is 4.74 Å². The number of nitrogens with zero attached hydrogens (tertiary/aromatic N) is 3. The van der Waals surface area contributed by atoms with Crippen LogP contribution in [0.4, 0.5) is 0 Å². The highest BCUT2D eigenvalue weighted by molar-refractivity contribution is 5.87. The molecule has 148 valence electrons. The molecule has 6 heteroatoms. The number of aromatic nitrogens is 3. The second-order valence-electron chi connectivity index (χ2n) is 8.08. The van der Waals surface area contributed by atoms with Gasteiger partial charge in [0.25, 0.3) is 0 Å². The van der Waals surface area contributed by atoms with Crippen molar-refractivity contribution >= 4 is 10.8 Å². The number of ether oxygens (including phenoxy) is 1. The molecule has 1 aliphatic rings. The molecule has 0 amide bonds. The van der Waals surface area contributed by atoms with Crippen molar-refractivity contribution in [3.05, 3.63) is 54.1 Å². The molecule has 1 saturated heterocycles. The number of aromatic amines is 1. The molecule has 3 aromatic rings. The SMILES string of the molecule is CC(C)Cc1cc(CN2CC[C@@H](Oc3cccc4cnccc34)[C@H](O)C2)[nH]n1. The Balaban J connectivity index is 1.37. The summed E-state index contributed by atoms with van der Waals surface area (Å²) < 4.78 is 6.20. The lowest BCUT2D eigenvalue weighted by Crippen LogP contribution is -2.48. The topological polar surface area (TPSA) is 74.3 Å². The molecule has 2 aromatic heterocycles. The van der Waals surface area contributed by atoms with E-state index in [1.165, 1.54) is 0 Å². The van der Waals surface area contributed by atoms with E-state index in [0.29, 0.717) is 12.5 Å². The number of pyridine rings is 1. The molecule has 1 aromatic carbocycles. The summed E-state index contributed by atoms with van der Waals surface area (Å²) in [7, 11) is 0. The Morgan fingerprint density at radius 2 is 2.21 bits per heavy atom. The fraction of sp³-hybridized carbons (Fsp3) is 0.455. The van der Waals surface area contributed by atoms with Gasteiger partial charge in [0.2, 0.25) is 0 Å². The van der Waals surface area contributed by atoms with E-state index < -0.39 is 6.10 Å². The van der Waals surface area contributed by atoms with Crippen LogP contribution in [0, 0.1) is 5.92 Å². The number of fused-ring (bicyclic) bond motifs is 1. The minimum Gasteiger partial charge on any atom is -0.487 e. The molecule has 0 unspecified atom stereocenters. The summed E-state index contributed by atoms with van der Waals surface area (Å²) >= 11 is 0. The van der Waals surface area contributed by atoms with Crippen LogP contribution in [-0.4, -0.2) is 50.5 Å². The zero-order valence-electron chi connectivity index (χ0n) is 16.5. The lowest BCUT2D eigenvalue weighted by Gasteiger charge is -2.35. The van der Waals surface area contributed by atoms with Crippen LogP contribution in [0.2, 0.25) is 0 Å². The Labute approximate surface area is 165 Å². The van der Waals surface area contributed by atoms with Crippen LogP contribution >= 0.6 is 0 Å². The van der Waals surface area contributed by atoms with Gasteiger partial charge < -0.3 is 9.84 Å². The minimum atomic E-state index is -0.524. The van der Waals surface area contributed by atoms with Gasteiger partial charge in [-0.05, 0) is 37.0 Å². The first kappa shape index (κ1) is 18.9. The molecule has 4 rings (SSSR count). The van der Waals surface area contributed by atoms with Gasteiger partial charge in [-0.2, -0.15) is 5.10 Å². The molecule has 0 saturated carbocycles. The van der Waals surface area contributed by atoms with E-state index in [1.807, 2.05) is 30.5 Å². The molecular formula is C22H28N4O2. The van der Waals surface area contributed by atoms with Gasteiger partial charge in [0.1, 0.15) is 18.0 Å². The number of nitrogens with one attached hydrogen (secondary N) is 1. The Morgan fingerprint density at radius 1 is 1.32 bits per heavy atom. The molecule has 6 nitrogen and oxygen atoms in total. The Morgan fingerprint density at radius 3 is 3.04 bits per heavy atom. The van der Waals surface area contributed by atoms with Gasteiger partial charge in [0.15, 0.2) is 0 Å². The number of aliphatic hydroxyl groups is 1. The van der Waals surface area contributed by atoms with Gasteiger partial charge in [-0.25, -0.2) is 0 Å². The molecule has 28 heavy (non-hydrogen) atoms. The van der Waals surface area contributed by atoms with E-state index in [2.05, 4.69) is 40.0 Å². The first-order chi connectivity index (χ1) is 13.6. The zero-order chi connectivity index (χ0) is 19.5. The van der Waals surface area contributed by atoms with Crippen LogP contribution in [0.25, 0.3) is 10.8 Å². The maximum absolute atomic E-state index is 10.7. The maximum atomic E-state index is 10.7. The molecule has 1 aliphatic heterocycles. The number of piperidine rings is 1. The normalized spacial score (nSPS) is 20.7. The van der Waals surface area contributed by atoms with Crippen LogP contribution in [0.1, 0.15) is 31.7 Å². The van der Waals surface area contributed by atoms with Gasteiger partial charge in [0, 0.05) is 48.5 Å². The summed E-state index contributed by atoms with van der Waals surface area (Å²) in [5, 5.41) is 20.3. The monoisotopic (exact) mass is 380 g/mol. The number of β-amino-alcohol motifs (C(OH)–C–C–N with tert-alkyl or cyclic N) is 1. The van der Waals surface area contributed by atoms with E-state index in [0.717, 1.165) is 53.8 Å². The Kier molecular flexibility index (Phi) is 5.59. The highest BCUT2D eigenvalue weighted by atomic mass is 16.5. The molecule has 0 radical (unpaired) electrons. The van der Waals surface area contributed by atoms with Gasteiger partial charge >= 0.3 is 0 Å². The summed E-state index contributed by atoms with van der Waals surface area (Å²) in [5.41, 5.74) is 2.21. The molecule has 3 heterocycles. The van der Waals surface area contributed by atoms with E-state index in [1.54, 1.807) is 6.20 Å². The summed E-state index contributed by atoms with van der Waals surface area (Å²) in [6, 6.07) is 10.0. The van der Waals surface area contributed by atoms with Crippen LogP contribution in [0.3, 0.4) is 0 Å². The summed E-state index contributed by atoms with van der Waals surface area (Å²) in [4.78, 5) is 6.42. The van der Waals surface area contributed by atoms with Crippen LogP contribution < -0.4 is 4.74 Å². The molecule has 2 N–H and O–H groups in total. The number of hydrogen-bond acceptors (Lipinski definition) is 5. The minimum absolute atomic E-state index is 0.201. The number of rotatable bonds is 6. The van der Waals surface area contributed by atoms with Crippen LogP contribution in [-0.2, 0) is 13.0 Å². The lowest BCUT2D eigenvalue weighted by atomic mass is 10.0. The molecule has 1 fully saturated rings. The maximum Gasteiger partial charge on any atom is 0.127 e. The highest BCUT2D eigenvalue weighted by Crippen LogP contribution is 2.28. The van der Waals surface area contributed by atoms with Crippen molar-refractivity contribution in [2.45, 2.75) is 45.4 Å². The number of aliphatic hydroxyl groups excluding tert-OH is 1. The molecule has 0 bridgehead atoms. The molecular weight excluding hydrogens is 352 g/mol. The van der Waals surface area contributed by atoms with Gasteiger partial charge in [-0.1, -0.05) is 26.0 Å². The quantitative estimate of drug-likeness (QED) is 0.687. The molecule has 2 atom stereocenters. The van der Waals surface area contributed by atoms with Crippen LogP contribution in [0.15, 0.2) is 42.7 Å². The third-order valence-corrected chi connectivity index (χ3v) is 5.22. The van der Waals surface area contributed by atoms with E-state index in [9.17, 15) is 5.11 Å². The first-order valence-corrected chi connectivity index (χ1v) is 10.0.